The lowest BCUT2D eigenvalue weighted by Crippen LogP contribution is -2.00. The van der Waals surface area contributed by atoms with Crippen molar-refractivity contribution >= 4 is 87.4 Å². The van der Waals surface area contributed by atoms with Gasteiger partial charge in [-0.2, -0.15) is 0 Å². The summed E-state index contributed by atoms with van der Waals surface area (Å²) in [5, 5.41) is 8.86. The largest absolute Gasteiger partial charge is 0.436 e. The maximum absolute atomic E-state index is 6.68. The molecule has 0 aliphatic heterocycles. The topological polar surface area (TPSA) is 139 Å². The fraction of sp³-hybridized carbons (Fsp3) is 0. The summed E-state index contributed by atoms with van der Waals surface area (Å²) in [6.45, 7) is 0. The molecular formula is C94H56N10O2. The fourth-order valence-corrected chi connectivity index (χ4v) is 15.0. The van der Waals surface area contributed by atoms with Crippen molar-refractivity contribution < 1.29 is 8.83 Å². The number of hydrogen-bond acceptors (Lipinski definition) is 10. The molecule has 106 heavy (non-hydrogen) atoms. The molecule has 0 radical (unpaired) electrons. The van der Waals surface area contributed by atoms with Gasteiger partial charge in [-0.15, -0.1) is 0 Å². The van der Waals surface area contributed by atoms with Crippen molar-refractivity contribution in [3.8, 4) is 125 Å². The van der Waals surface area contributed by atoms with E-state index in [9.17, 15) is 0 Å². The van der Waals surface area contributed by atoms with Gasteiger partial charge in [0.1, 0.15) is 11.0 Å². The van der Waals surface area contributed by atoms with Gasteiger partial charge in [0, 0.05) is 83.0 Å². The van der Waals surface area contributed by atoms with Crippen LogP contribution in [0, 0.1) is 0 Å². The molecule has 494 valence electrons. The normalized spacial score (nSPS) is 11.8. The van der Waals surface area contributed by atoms with E-state index in [1.54, 1.807) is 0 Å². The molecule has 0 saturated heterocycles. The van der Waals surface area contributed by atoms with Gasteiger partial charge in [0.2, 0.25) is 11.8 Å². The van der Waals surface area contributed by atoms with Gasteiger partial charge >= 0.3 is 0 Å². The van der Waals surface area contributed by atoms with Crippen LogP contribution in [0.3, 0.4) is 0 Å². The summed E-state index contributed by atoms with van der Waals surface area (Å²) >= 11 is 0. The quantitative estimate of drug-likeness (QED) is 0.116. The van der Waals surface area contributed by atoms with E-state index in [1.807, 2.05) is 127 Å². The summed E-state index contributed by atoms with van der Waals surface area (Å²) in [5.74, 6) is 4.74. The van der Waals surface area contributed by atoms with Crippen molar-refractivity contribution in [1.82, 2.24) is 49.0 Å². The SMILES string of the molecule is c1ccc(-c2nc(-c3ccc(-c4cccc5oc(-c6ccc7c(c6)c6ccccc6n7-c6ccc7ccc(-c8nc(-c9ccccc9)nc(-c9ccccc9)n8)cc7c6)nc45)cc3)nc(-c3ccc4ccc(-c5ccc(-n6c7ccccc7c7cc(-c8nc9ccccc9o8)ccc76)cc5)cc4c3)n2)cc1. The lowest BCUT2D eigenvalue weighted by molar-refractivity contribution is 0.619. The highest BCUT2D eigenvalue weighted by atomic mass is 16.4. The standard InChI is InChI=1S/C94H56N10O2/c1-4-17-61(18-5-1)87-97-88(62-19-6-2-7-20-62)100-92(99-87)67-40-33-59-43-48-73(54-71(59)53-67)104-81-28-14-11-24-76(81)78-56-69(45-50-83(78)104)94-96-86-74(25-16-30-85(86)106-94)60-34-36-64(37-35-60)90-98-89(63-21-8-3-9-22-63)101-91(102-90)66-39-32-58-31-38-65(51-70(58)52-66)57-41-46-72(47-42-57)103-80-27-13-10-23-75(80)77-55-68(44-49-82(77)103)93-95-79-26-12-15-29-84(79)105-93/h1-56H. The number of hydrogen-bond donors (Lipinski definition) is 0. The summed E-state index contributed by atoms with van der Waals surface area (Å²) in [4.78, 5) is 40.6. The highest BCUT2D eigenvalue weighted by Gasteiger charge is 2.22. The second kappa shape index (κ2) is 24.6. The van der Waals surface area contributed by atoms with Crippen molar-refractivity contribution in [1.29, 1.82) is 0 Å². The van der Waals surface area contributed by atoms with Crippen LogP contribution in [0.5, 0.6) is 0 Å². The van der Waals surface area contributed by atoms with Crippen LogP contribution in [0.4, 0.5) is 0 Å². The Bertz CT molecular complexity index is 6980. The number of nitrogens with zero attached hydrogens (tertiary/aromatic N) is 10. The molecule has 15 aromatic carbocycles. The van der Waals surface area contributed by atoms with Crippen molar-refractivity contribution in [2.45, 2.75) is 0 Å². The second-order valence-corrected chi connectivity index (χ2v) is 26.7. The third-order valence-corrected chi connectivity index (χ3v) is 20.3. The number of aromatic nitrogens is 10. The summed E-state index contributed by atoms with van der Waals surface area (Å²) in [6, 6.07) is 118. The Labute approximate surface area is 606 Å². The minimum atomic E-state index is 0.538. The van der Waals surface area contributed by atoms with Gasteiger partial charge in [0.25, 0.3) is 0 Å². The number of rotatable bonds is 12. The zero-order valence-corrected chi connectivity index (χ0v) is 56.6. The Balaban J connectivity index is 0.574. The summed E-state index contributed by atoms with van der Waals surface area (Å²) < 4.78 is 17.6. The molecular weight excluding hydrogens is 1300 g/mol. The van der Waals surface area contributed by atoms with Gasteiger partial charge in [-0.25, -0.2) is 39.9 Å². The van der Waals surface area contributed by atoms with Crippen LogP contribution >= 0.6 is 0 Å². The van der Waals surface area contributed by atoms with Crippen LogP contribution < -0.4 is 0 Å². The molecule has 21 rings (SSSR count). The van der Waals surface area contributed by atoms with Crippen molar-refractivity contribution in [2.75, 3.05) is 0 Å². The Morgan fingerprint density at radius 2 is 0.594 bits per heavy atom. The smallest absolute Gasteiger partial charge is 0.227 e. The van der Waals surface area contributed by atoms with E-state index < -0.39 is 0 Å². The monoisotopic (exact) mass is 1360 g/mol. The first-order valence-corrected chi connectivity index (χ1v) is 35.3. The number of para-hydroxylation sites is 5. The molecule has 0 saturated carbocycles. The molecule has 6 aromatic heterocycles. The molecule has 0 bridgehead atoms. The lowest BCUT2D eigenvalue weighted by atomic mass is 9.99. The first-order chi connectivity index (χ1) is 52.4. The van der Waals surface area contributed by atoms with Crippen LogP contribution in [0.2, 0.25) is 0 Å². The molecule has 0 unspecified atom stereocenters. The average Bonchev–Trinajstić information content (AvgIpc) is 1.59. The predicted octanol–water partition coefficient (Wildman–Crippen LogP) is 23.5. The summed E-state index contributed by atoms with van der Waals surface area (Å²) in [6.07, 6.45) is 0. The molecule has 21 aromatic rings. The first kappa shape index (κ1) is 60.2. The average molecular weight is 1360 g/mol. The van der Waals surface area contributed by atoms with Crippen molar-refractivity contribution in [3.05, 3.63) is 340 Å². The Hall–Kier alpha value is -14.6. The van der Waals surface area contributed by atoms with Crippen LogP contribution in [-0.4, -0.2) is 49.0 Å². The molecule has 6 heterocycles. The highest BCUT2D eigenvalue weighted by molar-refractivity contribution is 6.12. The van der Waals surface area contributed by atoms with Crippen LogP contribution in [0.1, 0.15) is 0 Å². The Kier molecular flexibility index (Phi) is 14.0. The number of fused-ring (bicyclic) bond motifs is 10. The van der Waals surface area contributed by atoms with Gasteiger partial charge < -0.3 is 18.0 Å². The minimum absolute atomic E-state index is 0.538. The molecule has 0 N–H and O–H groups in total. The van der Waals surface area contributed by atoms with E-state index in [2.05, 4.69) is 221 Å². The summed E-state index contributed by atoms with van der Waals surface area (Å²) in [7, 11) is 0. The molecule has 0 atom stereocenters. The van der Waals surface area contributed by atoms with Gasteiger partial charge in [0.15, 0.2) is 46.1 Å². The van der Waals surface area contributed by atoms with Crippen molar-refractivity contribution in [3.63, 3.8) is 0 Å². The number of oxazole rings is 2. The molecule has 12 nitrogen and oxygen atoms in total. The van der Waals surface area contributed by atoms with E-state index >= 15 is 0 Å². The second-order valence-electron chi connectivity index (χ2n) is 26.7. The summed E-state index contributed by atoms with van der Waals surface area (Å²) in [5.41, 5.74) is 20.9. The maximum Gasteiger partial charge on any atom is 0.227 e. The molecule has 0 aliphatic carbocycles. The van der Waals surface area contributed by atoms with Gasteiger partial charge in [-0.1, -0.05) is 231 Å². The fourth-order valence-electron chi connectivity index (χ4n) is 15.0. The van der Waals surface area contributed by atoms with E-state index in [0.717, 1.165) is 160 Å². The molecule has 0 aliphatic rings. The van der Waals surface area contributed by atoms with Gasteiger partial charge in [-0.3, -0.25) is 0 Å². The van der Waals surface area contributed by atoms with Crippen molar-refractivity contribution in [2.24, 2.45) is 0 Å². The third-order valence-electron chi connectivity index (χ3n) is 20.3. The van der Waals surface area contributed by atoms with Gasteiger partial charge in [-0.05, 0) is 147 Å². The maximum atomic E-state index is 6.68. The van der Waals surface area contributed by atoms with E-state index in [0.29, 0.717) is 52.3 Å². The van der Waals surface area contributed by atoms with Gasteiger partial charge in [0.05, 0.1) is 22.1 Å². The molecule has 12 heteroatoms. The van der Waals surface area contributed by atoms with E-state index in [4.69, 9.17) is 48.7 Å². The first-order valence-electron chi connectivity index (χ1n) is 35.3. The van der Waals surface area contributed by atoms with Crippen LogP contribution in [0.15, 0.2) is 349 Å². The molecule has 0 amide bonds. The lowest BCUT2D eigenvalue weighted by Gasteiger charge is -2.11. The molecule has 0 fully saturated rings. The molecule has 0 spiro atoms. The highest BCUT2D eigenvalue weighted by Crippen LogP contribution is 2.41. The Morgan fingerprint density at radius 3 is 1.16 bits per heavy atom. The number of benzene rings is 15. The zero-order valence-electron chi connectivity index (χ0n) is 56.6. The minimum Gasteiger partial charge on any atom is -0.436 e. The van der Waals surface area contributed by atoms with Crippen LogP contribution in [-0.2, 0) is 0 Å². The van der Waals surface area contributed by atoms with Crippen LogP contribution in [0.25, 0.3) is 212 Å². The van der Waals surface area contributed by atoms with E-state index in [1.165, 1.54) is 0 Å². The zero-order chi connectivity index (χ0) is 69.8. The Morgan fingerprint density at radius 1 is 0.208 bits per heavy atom. The van der Waals surface area contributed by atoms with E-state index in [-0.39, 0.29) is 0 Å². The predicted molar refractivity (Wildman–Crippen MR) is 426 cm³/mol. The third kappa shape index (κ3) is 10.5.